The van der Waals surface area contributed by atoms with Gasteiger partial charge >= 0.3 is 0 Å². The minimum absolute atomic E-state index is 0.266. The van der Waals surface area contributed by atoms with Crippen molar-refractivity contribution >= 4 is 23.2 Å². The van der Waals surface area contributed by atoms with Crippen LogP contribution in [0.25, 0.3) is 0 Å². The van der Waals surface area contributed by atoms with Gasteiger partial charge < -0.3 is 10.1 Å². The van der Waals surface area contributed by atoms with Crippen molar-refractivity contribution in [1.82, 2.24) is 0 Å². The quantitative estimate of drug-likeness (QED) is 0.678. The predicted octanol–water partition coefficient (Wildman–Crippen LogP) is 3.87. The summed E-state index contributed by atoms with van der Waals surface area (Å²) in [6, 6.07) is 16.1. The van der Waals surface area contributed by atoms with Gasteiger partial charge in [0.1, 0.15) is 5.75 Å². The number of nitrogens with one attached hydrogen (secondary N) is 1. The van der Waals surface area contributed by atoms with E-state index in [1.807, 2.05) is 18.2 Å². The van der Waals surface area contributed by atoms with E-state index in [4.69, 9.17) is 16.3 Å². The van der Waals surface area contributed by atoms with Crippen molar-refractivity contribution in [2.24, 2.45) is 0 Å². The fourth-order valence-electron chi connectivity index (χ4n) is 1.39. The highest BCUT2D eigenvalue weighted by atomic mass is 35.5. The number of carbonyl (C=O) groups excluding carboxylic acids is 1. The van der Waals surface area contributed by atoms with Gasteiger partial charge in [-0.25, -0.2) is 0 Å². The molecule has 4 heteroatoms. The van der Waals surface area contributed by atoms with Gasteiger partial charge in [0.15, 0.2) is 0 Å². The summed E-state index contributed by atoms with van der Waals surface area (Å²) in [7, 11) is 0. The summed E-state index contributed by atoms with van der Waals surface area (Å²) < 4.78 is 5.27. The molecule has 0 atom stereocenters. The molecule has 2 rings (SSSR count). The second-order valence-corrected chi connectivity index (χ2v) is 4.17. The summed E-state index contributed by atoms with van der Waals surface area (Å²) in [5.41, 5.74) is 0.679. The van der Waals surface area contributed by atoms with Gasteiger partial charge in [-0.1, -0.05) is 29.8 Å². The Morgan fingerprint density at radius 3 is 2.42 bits per heavy atom. The van der Waals surface area contributed by atoms with Crippen LogP contribution < -0.4 is 10.1 Å². The highest BCUT2D eigenvalue weighted by Crippen LogP contribution is 2.13. The maximum Gasteiger partial charge on any atom is 0.251 e. The molecule has 0 saturated carbocycles. The van der Waals surface area contributed by atoms with Gasteiger partial charge in [0, 0.05) is 16.8 Å². The number of rotatable bonds is 4. The molecule has 2 aromatic rings. The molecule has 0 spiro atoms. The number of para-hydroxylation sites is 1. The molecule has 19 heavy (non-hydrogen) atoms. The van der Waals surface area contributed by atoms with Crippen molar-refractivity contribution < 1.29 is 9.53 Å². The smallest absolute Gasteiger partial charge is 0.251 e. The molecular formula is C15H12ClNO2. The maximum atomic E-state index is 11.6. The van der Waals surface area contributed by atoms with Crippen LogP contribution in [0.5, 0.6) is 5.75 Å². The highest BCUT2D eigenvalue weighted by Gasteiger charge is 1.97. The van der Waals surface area contributed by atoms with Crippen LogP contribution >= 0.6 is 11.6 Å². The fraction of sp³-hybridized carbons (Fsp3) is 0. The van der Waals surface area contributed by atoms with Crippen LogP contribution in [-0.2, 0) is 4.79 Å². The zero-order chi connectivity index (χ0) is 13.5. The predicted molar refractivity (Wildman–Crippen MR) is 76.3 cm³/mol. The van der Waals surface area contributed by atoms with E-state index >= 15 is 0 Å². The first-order valence-corrected chi connectivity index (χ1v) is 6.06. The Kier molecular flexibility index (Phi) is 4.59. The van der Waals surface area contributed by atoms with Crippen molar-refractivity contribution in [3.05, 3.63) is 72.0 Å². The number of amides is 1. The lowest BCUT2D eigenvalue weighted by Gasteiger charge is -2.02. The van der Waals surface area contributed by atoms with Crippen LogP contribution in [-0.4, -0.2) is 5.91 Å². The lowest BCUT2D eigenvalue weighted by atomic mass is 10.3. The monoisotopic (exact) mass is 273 g/mol. The molecule has 0 aliphatic heterocycles. The first kappa shape index (κ1) is 13.2. The first-order valence-electron chi connectivity index (χ1n) is 5.69. The summed E-state index contributed by atoms with van der Waals surface area (Å²) in [5, 5.41) is 3.32. The summed E-state index contributed by atoms with van der Waals surface area (Å²) >= 11 is 5.75. The summed E-state index contributed by atoms with van der Waals surface area (Å²) in [6.45, 7) is 0. The van der Waals surface area contributed by atoms with Crippen molar-refractivity contribution in [3.63, 3.8) is 0 Å². The van der Waals surface area contributed by atoms with Crippen molar-refractivity contribution in [2.75, 3.05) is 5.32 Å². The van der Waals surface area contributed by atoms with Gasteiger partial charge in [-0.3, -0.25) is 4.79 Å². The third kappa shape index (κ3) is 4.48. The molecule has 1 amide bonds. The number of benzene rings is 2. The van der Waals surface area contributed by atoms with Crippen molar-refractivity contribution in [3.8, 4) is 5.75 Å². The Bertz CT molecular complexity index is 564. The Balaban J connectivity index is 1.86. The number of anilines is 1. The van der Waals surface area contributed by atoms with Crippen LogP contribution in [0.3, 0.4) is 0 Å². The Morgan fingerprint density at radius 1 is 1.05 bits per heavy atom. The number of carbonyl (C=O) groups is 1. The molecule has 1 N–H and O–H groups in total. The number of ether oxygens (including phenoxy) is 1. The van der Waals surface area contributed by atoms with Crippen molar-refractivity contribution in [2.45, 2.75) is 0 Å². The van der Waals surface area contributed by atoms with Crippen LogP contribution in [0.15, 0.2) is 66.9 Å². The van der Waals surface area contributed by atoms with Gasteiger partial charge in [-0.05, 0) is 36.4 Å². The minimum Gasteiger partial charge on any atom is -0.465 e. The molecule has 0 fully saturated rings. The first-order chi connectivity index (χ1) is 9.24. The SMILES string of the molecule is O=C(C=COc1ccccc1)Nc1ccc(Cl)cc1. The van der Waals surface area contributed by atoms with E-state index < -0.39 is 0 Å². The highest BCUT2D eigenvalue weighted by molar-refractivity contribution is 6.30. The standard InChI is InChI=1S/C15H12ClNO2/c16-12-6-8-13(9-7-12)17-15(18)10-11-19-14-4-2-1-3-5-14/h1-11H,(H,17,18). The molecule has 0 aliphatic carbocycles. The molecule has 2 aromatic carbocycles. The molecule has 0 unspecified atom stereocenters. The van der Waals surface area contributed by atoms with Gasteiger partial charge in [0.2, 0.25) is 0 Å². The van der Waals surface area contributed by atoms with E-state index in [0.717, 1.165) is 0 Å². The lowest BCUT2D eigenvalue weighted by molar-refractivity contribution is -0.112. The van der Waals surface area contributed by atoms with Gasteiger partial charge in [0.05, 0.1) is 6.26 Å². The van der Waals surface area contributed by atoms with Crippen LogP contribution in [0.4, 0.5) is 5.69 Å². The second kappa shape index (κ2) is 6.61. The molecule has 0 aromatic heterocycles. The van der Waals surface area contributed by atoms with Gasteiger partial charge in [-0.2, -0.15) is 0 Å². The molecule has 3 nitrogen and oxygen atoms in total. The van der Waals surface area contributed by atoms with E-state index in [2.05, 4.69) is 5.32 Å². The third-order valence-electron chi connectivity index (χ3n) is 2.28. The van der Waals surface area contributed by atoms with E-state index in [-0.39, 0.29) is 5.91 Å². The molecular weight excluding hydrogens is 262 g/mol. The van der Waals surface area contributed by atoms with Crippen LogP contribution in [0.2, 0.25) is 5.02 Å². The Labute approximate surface area is 116 Å². The average Bonchev–Trinajstić information content (AvgIpc) is 2.43. The molecule has 0 heterocycles. The molecule has 0 radical (unpaired) electrons. The maximum absolute atomic E-state index is 11.6. The van der Waals surface area contributed by atoms with E-state index in [0.29, 0.717) is 16.5 Å². The molecule has 0 aliphatic rings. The number of halogens is 1. The largest absolute Gasteiger partial charge is 0.465 e. The van der Waals surface area contributed by atoms with Crippen LogP contribution in [0, 0.1) is 0 Å². The van der Waals surface area contributed by atoms with E-state index in [1.165, 1.54) is 12.3 Å². The summed E-state index contributed by atoms with van der Waals surface area (Å²) in [6.07, 6.45) is 2.67. The van der Waals surface area contributed by atoms with Gasteiger partial charge in [0.25, 0.3) is 5.91 Å². The number of hydrogen-bond acceptors (Lipinski definition) is 2. The summed E-state index contributed by atoms with van der Waals surface area (Å²) in [4.78, 5) is 11.6. The number of hydrogen-bond donors (Lipinski definition) is 1. The van der Waals surface area contributed by atoms with E-state index in [9.17, 15) is 4.79 Å². The molecule has 96 valence electrons. The molecule has 0 bridgehead atoms. The zero-order valence-corrected chi connectivity index (χ0v) is 10.8. The second-order valence-electron chi connectivity index (χ2n) is 3.73. The topological polar surface area (TPSA) is 38.3 Å². The normalized spacial score (nSPS) is 10.4. The van der Waals surface area contributed by atoms with Crippen LogP contribution in [0.1, 0.15) is 0 Å². The van der Waals surface area contributed by atoms with Gasteiger partial charge in [-0.15, -0.1) is 0 Å². The fourth-order valence-corrected chi connectivity index (χ4v) is 1.52. The van der Waals surface area contributed by atoms with E-state index in [1.54, 1.807) is 36.4 Å². The van der Waals surface area contributed by atoms with Crippen molar-refractivity contribution in [1.29, 1.82) is 0 Å². The lowest BCUT2D eigenvalue weighted by Crippen LogP contribution is -2.07. The summed E-state index contributed by atoms with van der Waals surface area (Å²) in [5.74, 6) is 0.413. The third-order valence-corrected chi connectivity index (χ3v) is 2.53. The zero-order valence-electron chi connectivity index (χ0n) is 10.0. The Morgan fingerprint density at radius 2 is 1.74 bits per heavy atom. The average molecular weight is 274 g/mol. The molecule has 0 saturated heterocycles. The Hall–Kier alpha value is -2.26. The minimum atomic E-state index is -0.266.